The molecule has 2 aromatic rings. The van der Waals surface area contributed by atoms with E-state index in [0.29, 0.717) is 17.0 Å². The van der Waals surface area contributed by atoms with Crippen LogP contribution < -0.4 is 0 Å². The van der Waals surface area contributed by atoms with Crippen LogP contribution in [0.1, 0.15) is 76.2 Å². The molecule has 0 spiro atoms. The Labute approximate surface area is 155 Å². The molecular weight excluding hydrogens is 328 g/mol. The number of unbranched alkanes of at least 4 members (excludes halogenated alkanes) is 3. The highest BCUT2D eigenvalue weighted by atomic mass is 19.1. The van der Waals surface area contributed by atoms with E-state index >= 15 is 0 Å². The minimum Gasteiger partial charge on any atom is -0.228 e. The van der Waals surface area contributed by atoms with Crippen molar-refractivity contribution < 1.29 is 8.78 Å². The third-order valence-electron chi connectivity index (χ3n) is 5.82. The van der Waals surface area contributed by atoms with Gasteiger partial charge in [0.15, 0.2) is 0 Å². The average molecular weight is 357 g/mol. The van der Waals surface area contributed by atoms with Crippen LogP contribution in [0.3, 0.4) is 0 Å². The van der Waals surface area contributed by atoms with Gasteiger partial charge >= 0.3 is 0 Å². The second-order valence-electron chi connectivity index (χ2n) is 7.68. The molecule has 0 unspecified atom stereocenters. The van der Waals surface area contributed by atoms with Gasteiger partial charge in [-0.05, 0) is 61.3 Å². The molecule has 1 heterocycles. The van der Waals surface area contributed by atoms with Gasteiger partial charge in [-0.1, -0.05) is 51.2 Å². The molecule has 3 heteroatoms. The molecule has 0 amide bonds. The quantitative estimate of drug-likeness (QED) is 0.375. The van der Waals surface area contributed by atoms with Crippen molar-refractivity contribution in [2.45, 2.75) is 70.6 Å². The molecule has 0 radical (unpaired) electrons. The molecule has 1 aliphatic rings. The van der Waals surface area contributed by atoms with Crippen LogP contribution >= 0.6 is 0 Å². The first-order chi connectivity index (χ1) is 12.7. The van der Waals surface area contributed by atoms with Crippen LogP contribution in [-0.2, 0) is 0 Å². The minimum absolute atomic E-state index is 0.238. The molecule has 0 aliphatic heterocycles. The van der Waals surface area contributed by atoms with Crippen molar-refractivity contribution >= 4 is 0 Å². The van der Waals surface area contributed by atoms with Crippen LogP contribution in [0.15, 0.2) is 36.5 Å². The molecule has 1 aromatic carbocycles. The van der Waals surface area contributed by atoms with Gasteiger partial charge in [0.1, 0.15) is 5.82 Å². The van der Waals surface area contributed by atoms with Crippen molar-refractivity contribution in [2.24, 2.45) is 5.92 Å². The molecule has 1 saturated carbocycles. The van der Waals surface area contributed by atoms with E-state index < -0.39 is 5.95 Å². The number of hydrogen-bond donors (Lipinski definition) is 0. The standard InChI is InChI=1S/C23H29F2N/c1-2-3-4-5-6-17-7-9-18(10-8-17)19-11-13-21(22(24)15-19)20-12-14-23(25)26-16-20/h11-18H,2-10H2,1H3/t17-,18-. The van der Waals surface area contributed by atoms with Crippen LogP contribution in [0.2, 0.25) is 0 Å². The number of hydrogen-bond acceptors (Lipinski definition) is 1. The van der Waals surface area contributed by atoms with E-state index in [9.17, 15) is 8.78 Å². The van der Waals surface area contributed by atoms with Gasteiger partial charge in [0.2, 0.25) is 5.95 Å². The first-order valence-corrected chi connectivity index (χ1v) is 10.1. The van der Waals surface area contributed by atoms with Crippen LogP contribution in [-0.4, -0.2) is 4.98 Å². The normalized spacial score (nSPS) is 20.3. The lowest BCUT2D eigenvalue weighted by Crippen LogP contribution is -2.13. The Morgan fingerprint density at radius 1 is 0.962 bits per heavy atom. The summed E-state index contributed by atoms with van der Waals surface area (Å²) in [5.74, 6) is 0.545. The van der Waals surface area contributed by atoms with E-state index in [2.05, 4.69) is 11.9 Å². The van der Waals surface area contributed by atoms with Gasteiger partial charge in [-0.25, -0.2) is 9.37 Å². The minimum atomic E-state index is -0.544. The van der Waals surface area contributed by atoms with E-state index in [1.807, 2.05) is 12.1 Å². The zero-order valence-electron chi connectivity index (χ0n) is 15.7. The molecular formula is C23H29F2N. The lowest BCUT2D eigenvalue weighted by atomic mass is 9.77. The Morgan fingerprint density at radius 2 is 1.77 bits per heavy atom. The number of nitrogens with zero attached hydrogens (tertiary/aromatic N) is 1. The average Bonchev–Trinajstić information content (AvgIpc) is 2.67. The monoisotopic (exact) mass is 357 g/mol. The number of halogens is 2. The third-order valence-corrected chi connectivity index (χ3v) is 5.82. The maximum atomic E-state index is 14.6. The Kier molecular flexibility index (Phi) is 6.76. The van der Waals surface area contributed by atoms with E-state index in [1.54, 1.807) is 12.1 Å². The number of aromatic nitrogens is 1. The summed E-state index contributed by atoms with van der Waals surface area (Å²) in [6.07, 6.45) is 13.0. The molecule has 140 valence electrons. The second-order valence-corrected chi connectivity index (χ2v) is 7.68. The summed E-state index contributed by atoms with van der Waals surface area (Å²) in [4.78, 5) is 3.62. The highest BCUT2D eigenvalue weighted by Crippen LogP contribution is 2.38. The topological polar surface area (TPSA) is 12.9 Å². The largest absolute Gasteiger partial charge is 0.228 e. The maximum Gasteiger partial charge on any atom is 0.212 e. The van der Waals surface area contributed by atoms with Gasteiger partial charge in [0, 0.05) is 17.3 Å². The van der Waals surface area contributed by atoms with Crippen molar-refractivity contribution in [2.75, 3.05) is 0 Å². The van der Waals surface area contributed by atoms with Crippen molar-refractivity contribution in [1.82, 2.24) is 4.98 Å². The van der Waals surface area contributed by atoms with Gasteiger partial charge < -0.3 is 0 Å². The summed E-state index contributed by atoms with van der Waals surface area (Å²) in [7, 11) is 0. The predicted octanol–water partition coefficient (Wildman–Crippen LogP) is 7.27. The fourth-order valence-corrected chi connectivity index (χ4v) is 4.20. The summed E-state index contributed by atoms with van der Waals surface area (Å²) in [5.41, 5.74) is 2.21. The number of pyridine rings is 1. The van der Waals surface area contributed by atoms with Gasteiger partial charge in [-0.2, -0.15) is 4.39 Å². The van der Waals surface area contributed by atoms with Crippen molar-refractivity contribution in [3.05, 3.63) is 53.9 Å². The van der Waals surface area contributed by atoms with Crippen molar-refractivity contribution in [3.8, 4) is 11.1 Å². The van der Waals surface area contributed by atoms with Crippen LogP contribution in [0.25, 0.3) is 11.1 Å². The Hall–Kier alpha value is -1.77. The number of benzene rings is 1. The number of rotatable bonds is 7. The molecule has 26 heavy (non-hydrogen) atoms. The highest BCUT2D eigenvalue weighted by molar-refractivity contribution is 5.63. The van der Waals surface area contributed by atoms with Crippen LogP contribution in [0, 0.1) is 17.7 Å². The van der Waals surface area contributed by atoms with Gasteiger partial charge in [-0.3, -0.25) is 0 Å². The summed E-state index contributed by atoms with van der Waals surface area (Å²) in [5, 5.41) is 0. The summed E-state index contributed by atoms with van der Waals surface area (Å²) < 4.78 is 27.5. The van der Waals surface area contributed by atoms with Crippen molar-refractivity contribution in [3.63, 3.8) is 0 Å². The third kappa shape index (κ3) is 4.90. The lowest BCUT2D eigenvalue weighted by molar-refractivity contribution is 0.302. The van der Waals surface area contributed by atoms with Crippen molar-refractivity contribution in [1.29, 1.82) is 0 Å². The summed E-state index contributed by atoms with van der Waals surface area (Å²) in [6.45, 7) is 2.25. The van der Waals surface area contributed by atoms with Crippen LogP contribution in [0.4, 0.5) is 8.78 Å². The first-order valence-electron chi connectivity index (χ1n) is 10.1. The second kappa shape index (κ2) is 9.25. The molecule has 1 nitrogen and oxygen atoms in total. The first kappa shape index (κ1) is 19.0. The Morgan fingerprint density at radius 3 is 2.42 bits per heavy atom. The molecule has 0 saturated heterocycles. The SMILES string of the molecule is CCCCCC[C@H]1CC[C@H](c2ccc(-c3ccc(F)nc3)c(F)c2)CC1. The molecule has 0 bridgehead atoms. The molecule has 0 N–H and O–H groups in total. The lowest BCUT2D eigenvalue weighted by Gasteiger charge is -2.29. The van der Waals surface area contributed by atoms with Crippen LogP contribution in [0.5, 0.6) is 0 Å². The molecule has 3 rings (SSSR count). The fourth-order valence-electron chi connectivity index (χ4n) is 4.20. The van der Waals surface area contributed by atoms with E-state index in [1.165, 1.54) is 57.2 Å². The van der Waals surface area contributed by atoms with Gasteiger partial charge in [0.25, 0.3) is 0 Å². The summed E-state index contributed by atoms with van der Waals surface area (Å²) in [6, 6.07) is 8.37. The zero-order chi connectivity index (χ0) is 18.4. The van der Waals surface area contributed by atoms with E-state index in [-0.39, 0.29) is 5.82 Å². The summed E-state index contributed by atoms with van der Waals surface area (Å²) >= 11 is 0. The Bertz CT molecular complexity index is 688. The van der Waals surface area contributed by atoms with E-state index in [0.717, 1.165) is 24.3 Å². The zero-order valence-corrected chi connectivity index (χ0v) is 15.7. The highest BCUT2D eigenvalue weighted by Gasteiger charge is 2.23. The Balaban J connectivity index is 1.57. The molecule has 1 fully saturated rings. The predicted molar refractivity (Wildman–Crippen MR) is 103 cm³/mol. The van der Waals surface area contributed by atoms with Gasteiger partial charge in [0.05, 0.1) is 0 Å². The maximum absolute atomic E-state index is 14.6. The van der Waals surface area contributed by atoms with Gasteiger partial charge in [-0.15, -0.1) is 0 Å². The molecule has 1 aliphatic carbocycles. The van der Waals surface area contributed by atoms with E-state index in [4.69, 9.17) is 0 Å². The molecule has 0 atom stereocenters. The molecule has 1 aromatic heterocycles. The fraction of sp³-hybridized carbons (Fsp3) is 0.522. The smallest absolute Gasteiger partial charge is 0.212 e.